The Kier molecular flexibility index (Phi) is 9.28. The van der Waals surface area contributed by atoms with E-state index < -0.39 is 0 Å². The maximum absolute atomic E-state index is 12.3. The summed E-state index contributed by atoms with van der Waals surface area (Å²) in [7, 11) is 0. The Bertz CT molecular complexity index is 1320. The highest BCUT2D eigenvalue weighted by molar-refractivity contribution is 5.75. The van der Waals surface area contributed by atoms with Gasteiger partial charge < -0.3 is 10.2 Å². The van der Waals surface area contributed by atoms with Crippen molar-refractivity contribution in [3.63, 3.8) is 0 Å². The zero-order valence-electron chi connectivity index (χ0n) is 25.8. The molecule has 0 aromatic heterocycles. The monoisotopic (exact) mass is 558 g/mol. The molecule has 0 radical (unpaired) electrons. The van der Waals surface area contributed by atoms with E-state index in [0.29, 0.717) is 13.0 Å². The van der Waals surface area contributed by atoms with E-state index in [9.17, 15) is 4.79 Å². The maximum Gasteiger partial charge on any atom is 0.219 e. The zero-order chi connectivity index (χ0) is 29.6. The Morgan fingerprint density at radius 3 is 1.60 bits per heavy atom. The van der Waals surface area contributed by atoms with Crippen LogP contribution >= 0.6 is 0 Å². The third kappa shape index (κ3) is 6.37. The van der Waals surface area contributed by atoms with Crippen molar-refractivity contribution < 1.29 is 4.79 Å². The molecule has 1 aliphatic heterocycles. The van der Waals surface area contributed by atoms with Crippen LogP contribution in [0.15, 0.2) is 103 Å². The second-order valence-corrected chi connectivity index (χ2v) is 12.4. The summed E-state index contributed by atoms with van der Waals surface area (Å²) < 4.78 is 0. The van der Waals surface area contributed by atoms with Gasteiger partial charge in [-0.15, -0.1) is 0 Å². The number of carbonyl (C=O) groups excluding carboxylic acids is 1. The van der Waals surface area contributed by atoms with Gasteiger partial charge in [0.25, 0.3) is 0 Å². The van der Waals surface area contributed by atoms with Crippen LogP contribution in [0.25, 0.3) is 0 Å². The predicted octanol–water partition coefficient (Wildman–Crippen LogP) is 7.90. The van der Waals surface area contributed by atoms with Gasteiger partial charge >= 0.3 is 0 Å². The summed E-state index contributed by atoms with van der Waals surface area (Å²) in [4.78, 5) is 14.9. The maximum atomic E-state index is 12.3. The molecule has 0 saturated carbocycles. The van der Waals surface area contributed by atoms with Gasteiger partial charge in [0.15, 0.2) is 0 Å². The number of carbonyl (C=O) groups is 1. The number of nitrogens with one attached hydrogen (secondary N) is 1. The number of likely N-dealkylation sites (tertiary alicyclic amines) is 1. The third-order valence-electron chi connectivity index (χ3n) is 9.58. The minimum atomic E-state index is -0.252. The van der Waals surface area contributed by atoms with Gasteiger partial charge in [0, 0.05) is 23.8 Å². The Morgan fingerprint density at radius 1 is 0.714 bits per heavy atom. The highest BCUT2D eigenvalue weighted by atomic mass is 16.1. The minimum Gasteiger partial charge on any atom is -0.355 e. The van der Waals surface area contributed by atoms with Crippen LogP contribution in [0.4, 0.5) is 0 Å². The first-order chi connectivity index (χ1) is 20.3. The number of rotatable bonds is 10. The number of benzene rings is 4. The molecule has 1 heterocycles. The lowest BCUT2D eigenvalue weighted by Gasteiger charge is -2.44. The van der Waals surface area contributed by atoms with Gasteiger partial charge in [-0.2, -0.15) is 0 Å². The molecule has 0 bridgehead atoms. The fourth-order valence-corrected chi connectivity index (χ4v) is 6.73. The van der Waals surface area contributed by atoms with Crippen molar-refractivity contribution in [1.29, 1.82) is 0 Å². The molecule has 1 saturated heterocycles. The van der Waals surface area contributed by atoms with Gasteiger partial charge in [0.05, 0.1) is 0 Å². The van der Waals surface area contributed by atoms with E-state index in [1.165, 1.54) is 38.9 Å². The van der Waals surface area contributed by atoms with E-state index in [0.717, 1.165) is 38.9 Å². The molecule has 4 aromatic rings. The smallest absolute Gasteiger partial charge is 0.219 e. The van der Waals surface area contributed by atoms with Crippen LogP contribution in [0, 0.1) is 20.8 Å². The average molecular weight is 559 g/mol. The van der Waals surface area contributed by atoms with Gasteiger partial charge in [0.1, 0.15) is 0 Å². The average Bonchev–Trinajstić information content (AvgIpc) is 3.03. The van der Waals surface area contributed by atoms with Gasteiger partial charge in [-0.25, -0.2) is 0 Å². The van der Waals surface area contributed by atoms with Crippen LogP contribution in [0.1, 0.15) is 71.6 Å². The molecule has 1 aliphatic rings. The van der Waals surface area contributed by atoms with Gasteiger partial charge in [-0.1, -0.05) is 127 Å². The first kappa shape index (κ1) is 29.8. The first-order valence-corrected chi connectivity index (χ1v) is 15.6. The normalized spacial score (nSPS) is 15.3. The molecule has 5 rings (SSSR count). The van der Waals surface area contributed by atoms with Crippen molar-refractivity contribution >= 4 is 5.91 Å². The third-order valence-corrected chi connectivity index (χ3v) is 9.58. The lowest BCUT2D eigenvalue weighted by molar-refractivity contribution is -0.121. The Hall–Kier alpha value is -3.69. The lowest BCUT2D eigenvalue weighted by atomic mass is 9.66. The molecule has 0 unspecified atom stereocenters. The summed E-state index contributed by atoms with van der Waals surface area (Å²) in [5.74, 6) is 0.131. The van der Waals surface area contributed by atoms with Crippen LogP contribution in [-0.4, -0.2) is 37.0 Å². The second-order valence-electron chi connectivity index (χ2n) is 12.4. The molecular formula is C39H46N2O. The molecule has 4 aromatic carbocycles. The van der Waals surface area contributed by atoms with Gasteiger partial charge in [-0.3, -0.25) is 4.79 Å². The molecule has 0 atom stereocenters. The molecule has 0 spiro atoms. The summed E-state index contributed by atoms with van der Waals surface area (Å²) in [6.07, 6.45) is 3.59. The van der Waals surface area contributed by atoms with E-state index >= 15 is 0 Å². The Morgan fingerprint density at radius 2 is 1.17 bits per heavy atom. The number of amides is 1. The highest BCUT2D eigenvalue weighted by Crippen LogP contribution is 2.43. The van der Waals surface area contributed by atoms with Crippen LogP contribution in [0.2, 0.25) is 0 Å². The largest absolute Gasteiger partial charge is 0.355 e. The van der Waals surface area contributed by atoms with E-state index in [1.54, 1.807) is 0 Å². The van der Waals surface area contributed by atoms with Crippen LogP contribution < -0.4 is 5.32 Å². The van der Waals surface area contributed by atoms with Crippen molar-refractivity contribution in [3.05, 3.63) is 142 Å². The fourth-order valence-electron chi connectivity index (χ4n) is 6.73. The van der Waals surface area contributed by atoms with E-state index in [2.05, 4.69) is 134 Å². The van der Waals surface area contributed by atoms with E-state index in [1.807, 2.05) is 6.92 Å². The number of hydrogen-bond donors (Lipinski definition) is 1. The summed E-state index contributed by atoms with van der Waals surface area (Å²) >= 11 is 0. The van der Waals surface area contributed by atoms with Crippen molar-refractivity contribution in [3.8, 4) is 0 Å². The standard InChI is InChI=1S/C39H46N2O/c1-5-37(42)40-29-38(33-9-7-6-8-10-33)23-26-41(27-24-38)28-25-39(34-17-11-30(2)12-18-34,35-19-13-31(3)14-20-35)36-21-15-32(4)16-22-36/h6-22H,5,23-29H2,1-4H3,(H,40,42). The zero-order valence-corrected chi connectivity index (χ0v) is 25.8. The lowest BCUT2D eigenvalue weighted by Crippen LogP contribution is -2.49. The topological polar surface area (TPSA) is 32.3 Å². The van der Waals surface area contributed by atoms with Gasteiger partial charge in [0.2, 0.25) is 5.91 Å². The van der Waals surface area contributed by atoms with Crippen LogP contribution in [0.3, 0.4) is 0 Å². The number of aryl methyl sites for hydroxylation is 3. The first-order valence-electron chi connectivity index (χ1n) is 15.6. The number of nitrogens with zero attached hydrogens (tertiary/aromatic N) is 1. The van der Waals surface area contributed by atoms with Crippen LogP contribution in [0.5, 0.6) is 0 Å². The molecule has 0 aliphatic carbocycles. The molecule has 1 N–H and O–H groups in total. The molecule has 218 valence electrons. The summed E-state index contributed by atoms with van der Waals surface area (Å²) in [6.45, 7) is 12.2. The second kappa shape index (κ2) is 13.1. The predicted molar refractivity (Wildman–Crippen MR) is 175 cm³/mol. The fraction of sp³-hybridized carbons (Fsp3) is 0.359. The van der Waals surface area contributed by atoms with E-state index in [-0.39, 0.29) is 16.7 Å². The molecule has 42 heavy (non-hydrogen) atoms. The van der Waals surface area contributed by atoms with Crippen LogP contribution in [-0.2, 0) is 15.6 Å². The summed E-state index contributed by atoms with van der Waals surface area (Å²) in [6, 6.07) is 38.4. The van der Waals surface area contributed by atoms with Gasteiger partial charge in [-0.05, 0) is 81.9 Å². The SMILES string of the molecule is CCC(=O)NCC1(c2ccccc2)CCN(CCC(c2ccc(C)cc2)(c2ccc(C)cc2)c2ccc(C)cc2)CC1. The highest BCUT2D eigenvalue weighted by Gasteiger charge is 2.39. The van der Waals surface area contributed by atoms with Crippen molar-refractivity contribution in [1.82, 2.24) is 10.2 Å². The molecule has 1 fully saturated rings. The van der Waals surface area contributed by atoms with E-state index in [4.69, 9.17) is 0 Å². The number of piperidine rings is 1. The molecule has 1 amide bonds. The van der Waals surface area contributed by atoms with Crippen molar-refractivity contribution in [2.75, 3.05) is 26.2 Å². The molecule has 3 nitrogen and oxygen atoms in total. The molecular weight excluding hydrogens is 512 g/mol. The number of hydrogen-bond acceptors (Lipinski definition) is 2. The Labute approximate surface area is 253 Å². The summed E-state index contributed by atoms with van der Waals surface area (Å²) in [5, 5.41) is 3.23. The van der Waals surface area contributed by atoms with Crippen molar-refractivity contribution in [2.24, 2.45) is 0 Å². The quantitative estimate of drug-likeness (QED) is 0.201. The minimum absolute atomic E-state index is 0.0233. The molecule has 3 heteroatoms. The summed E-state index contributed by atoms with van der Waals surface area (Å²) in [5.41, 5.74) is 8.95. The Balaban J connectivity index is 1.45. The van der Waals surface area contributed by atoms with Crippen molar-refractivity contribution in [2.45, 2.75) is 64.2 Å².